The minimum atomic E-state index is -0.199. The van der Waals surface area contributed by atoms with Crippen molar-refractivity contribution < 1.29 is 19.0 Å². The monoisotopic (exact) mass is 253 g/mol. The second kappa shape index (κ2) is 6.26. The van der Waals surface area contributed by atoms with Crippen molar-refractivity contribution in [3.8, 4) is 17.2 Å². The zero-order valence-electron chi connectivity index (χ0n) is 11.1. The van der Waals surface area contributed by atoms with E-state index < -0.39 is 0 Å². The normalized spacial score (nSPS) is 11.8. The summed E-state index contributed by atoms with van der Waals surface area (Å²) in [5.41, 5.74) is 6.08. The third kappa shape index (κ3) is 3.13. The van der Waals surface area contributed by atoms with Crippen LogP contribution in [0.15, 0.2) is 12.1 Å². The van der Waals surface area contributed by atoms with Gasteiger partial charge in [-0.15, -0.1) is 0 Å². The van der Waals surface area contributed by atoms with E-state index in [9.17, 15) is 4.79 Å². The summed E-state index contributed by atoms with van der Waals surface area (Å²) in [6.07, 6.45) is 0.256. The Morgan fingerprint density at radius 3 is 2.06 bits per heavy atom. The summed E-state index contributed by atoms with van der Waals surface area (Å²) in [5, 5.41) is 0. The van der Waals surface area contributed by atoms with Gasteiger partial charge in [0.2, 0.25) is 0 Å². The number of carbonyl (C=O) groups excluding carboxylic acids is 1. The average molecular weight is 253 g/mol. The van der Waals surface area contributed by atoms with E-state index in [4.69, 9.17) is 19.9 Å². The lowest BCUT2D eigenvalue weighted by Gasteiger charge is -2.14. The Balaban J connectivity index is 3.20. The van der Waals surface area contributed by atoms with Crippen LogP contribution in [0.4, 0.5) is 0 Å². The quantitative estimate of drug-likeness (QED) is 0.780. The maximum Gasteiger partial charge on any atom is 0.168 e. The van der Waals surface area contributed by atoms with Crippen LogP contribution in [0.1, 0.15) is 23.7 Å². The van der Waals surface area contributed by atoms with E-state index in [0.29, 0.717) is 22.8 Å². The number of nitrogens with two attached hydrogens (primary N) is 1. The minimum absolute atomic E-state index is 0.0807. The number of hydrogen-bond donors (Lipinski definition) is 1. The van der Waals surface area contributed by atoms with Crippen LogP contribution in [0.2, 0.25) is 0 Å². The first-order valence-corrected chi connectivity index (χ1v) is 5.62. The molecule has 100 valence electrons. The fourth-order valence-corrected chi connectivity index (χ4v) is 1.65. The van der Waals surface area contributed by atoms with Crippen molar-refractivity contribution in [2.75, 3.05) is 21.3 Å². The summed E-state index contributed by atoms with van der Waals surface area (Å²) in [5.74, 6) is 1.39. The molecule has 0 saturated carbocycles. The topological polar surface area (TPSA) is 70.8 Å². The van der Waals surface area contributed by atoms with Crippen molar-refractivity contribution in [1.82, 2.24) is 0 Å². The highest BCUT2D eigenvalue weighted by Crippen LogP contribution is 2.35. The molecule has 0 aliphatic rings. The van der Waals surface area contributed by atoms with Gasteiger partial charge in [0.05, 0.1) is 26.9 Å². The van der Waals surface area contributed by atoms with Crippen LogP contribution < -0.4 is 19.9 Å². The first-order valence-electron chi connectivity index (χ1n) is 5.62. The van der Waals surface area contributed by atoms with Crippen molar-refractivity contribution in [3.63, 3.8) is 0 Å². The van der Waals surface area contributed by atoms with Gasteiger partial charge in [-0.1, -0.05) is 0 Å². The Morgan fingerprint density at radius 2 is 1.61 bits per heavy atom. The van der Waals surface area contributed by atoms with Gasteiger partial charge in [-0.3, -0.25) is 4.79 Å². The highest BCUT2D eigenvalue weighted by molar-refractivity contribution is 5.99. The number of carbonyl (C=O) groups is 1. The number of ether oxygens (including phenoxy) is 3. The third-order valence-corrected chi connectivity index (χ3v) is 2.51. The van der Waals surface area contributed by atoms with Crippen LogP contribution in [-0.2, 0) is 0 Å². The van der Waals surface area contributed by atoms with Crippen LogP contribution in [-0.4, -0.2) is 33.2 Å². The summed E-state index contributed by atoms with van der Waals surface area (Å²) < 4.78 is 15.5. The van der Waals surface area contributed by atoms with Gasteiger partial charge >= 0.3 is 0 Å². The number of hydrogen-bond acceptors (Lipinski definition) is 5. The molecule has 0 saturated heterocycles. The molecule has 2 N–H and O–H groups in total. The van der Waals surface area contributed by atoms with Gasteiger partial charge in [0.1, 0.15) is 5.75 Å². The average Bonchev–Trinajstić information content (AvgIpc) is 2.36. The largest absolute Gasteiger partial charge is 0.496 e. The number of ketones is 1. The maximum absolute atomic E-state index is 12.0. The standard InChI is InChI=1S/C13H19NO4/c1-8(14)5-10(15)9-6-12(17-3)13(18-4)7-11(9)16-2/h6-8H,5,14H2,1-4H3. The van der Waals surface area contributed by atoms with E-state index in [1.807, 2.05) is 0 Å². The third-order valence-electron chi connectivity index (χ3n) is 2.51. The number of rotatable bonds is 6. The smallest absolute Gasteiger partial charge is 0.168 e. The zero-order chi connectivity index (χ0) is 13.7. The lowest BCUT2D eigenvalue weighted by Crippen LogP contribution is -2.20. The molecule has 0 fully saturated rings. The first kappa shape index (κ1) is 14.3. The summed E-state index contributed by atoms with van der Waals surface area (Å²) in [6, 6.07) is 3.05. The minimum Gasteiger partial charge on any atom is -0.496 e. The Bertz CT molecular complexity index is 429. The molecule has 5 heteroatoms. The molecule has 1 aromatic carbocycles. The van der Waals surface area contributed by atoms with Gasteiger partial charge in [0.15, 0.2) is 17.3 Å². The molecule has 0 spiro atoms. The van der Waals surface area contributed by atoms with Gasteiger partial charge < -0.3 is 19.9 Å². The van der Waals surface area contributed by atoms with Crippen molar-refractivity contribution >= 4 is 5.78 Å². The molecule has 0 heterocycles. The Morgan fingerprint density at radius 1 is 1.11 bits per heavy atom. The Kier molecular flexibility index (Phi) is 4.97. The molecule has 18 heavy (non-hydrogen) atoms. The van der Waals surface area contributed by atoms with E-state index in [-0.39, 0.29) is 18.2 Å². The molecular weight excluding hydrogens is 234 g/mol. The molecule has 1 atom stereocenters. The predicted octanol–water partition coefficient (Wildman–Crippen LogP) is 1.63. The maximum atomic E-state index is 12.0. The highest BCUT2D eigenvalue weighted by atomic mass is 16.5. The SMILES string of the molecule is COc1cc(OC)c(C(=O)CC(C)N)cc1OC. The van der Waals surface area contributed by atoms with Gasteiger partial charge in [0, 0.05) is 18.5 Å². The van der Waals surface area contributed by atoms with E-state index in [1.165, 1.54) is 21.3 Å². The Labute approximate surface area is 107 Å². The molecule has 0 amide bonds. The Hall–Kier alpha value is -1.75. The van der Waals surface area contributed by atoms with E-state index in [0.717, 1.165) is 0 Å². The van der Waals surface area contributed by atoms with E-state index >= 15 is 0 Å². The molecule has 1 unspecified atom stereocenters. The van der Waals surface area contributed by atoms with Crippen LogP contribution >= 0.6 is 0 Å². The van der Waals surface area contributed by atoms with Gasteiger partial charge in [0.25, 0.3) is 0 Å². The van der Waals surface area contributed by atoms with Gasteiger partial charge in [-0.2, -0.15) is 0 Å². The molecule has 5 nitrogen and oxygen atoms in total. The lowest BCUT2D eigenvalue weighted by atomic mass is 10.0. The van der Waals surface area contributed by atoms with Crippen molar-refractivity contribution in [2.24, 2.45) is 5.73 Å². The molecule has 1 aromatic rings. The second-order valence-corrected chi connectivity index (χ2v) is 4.01. The van der Waals surface area contributed by atoms with Crippen molar-refractivity contribution in [1.29, 1.82) is 0 Å². The van der Waals surface area contributed by atoms with Crippen LogP contribution in [0.25, 0.3) is 0 Å². The molecular formula is C13H19NO4. The molecule has 0 bridgehead atoms. The molecule has 0 aromatic heterocycles. The van der Waals surface area contributed by atoms with Crippen LogP contribution in [0.5, 0.6) is 17.2 Å². The van der Waals surface area contributed by atoms with Crippen molar-refractivity contribution in [3.05, 3.63) is 17.7 Å². The van der Waals surface area contributed by atoms with Crippen molar-refractivity contribution in [2.45, 2.75) is 19.4 Å². The fourth-order valence-electron chi connectivity index (χ4n) is 1.65. The summed E-state index contributed by atoms with van der Waals surface area (Å²) in [4.78, 5) is 12.0. The summed E-state index contributed by atoms with van der Waals surface area (Å²) in [6.45, 7) is 1.78. The molecule has 0 aliphatic carbocycles. The highest BCUT2D eigenvalue weighted by Gasteiger charge is 2.18. The van der Waals surface area contributed by atoms with Crippen LogP contribution in [0, 0.1) is 0 Å². The van der Waals surface area contributed by atoms with E-state index in [1.54, 1.807) is 19.1 Å². The summed E-state index contributed by atoms with van der Waals surface area (Å²) in [7, 11) is 4.55. The van der Waals surface area contributed by atoms with Gasteiger partial charge in [-0.25, -0.2) is 0 Å². The van der Waals surface area contributed by atoms with Gasteiger partial charge in [-0.05, 0) is 13.0 Å². The lowest BCUT2D eigenvalue weighted by molar-refractivity contribution is 0.0973. The number of benzene rings is 1. The number of Topliss-reactive ketones (excluding diaryl/α,β-unsaturated/α-hetero) is 1. The zero-order valence-corrected chi connectivity index (χ0v) is 11.1. The second-order valence-electron chi connectivity index (χ2n) is 4.01. The summed E-state index contributed by atoms with van der Waals surface area (Å²) >= 11 is 0. The predicted molar refractivity (Wildman–Crippen MR) is 68.7 cm³/mol. The first-order chi connectivity index (χ1) is 8.53. The fraction of sp³-hybridized carbons (Fsp3) is 0.462. The molecule has 0 radical (unpaired) electrons. The van der Waals surface area contributed by atoms with E-state index in [2.05, 4.69) is 0 Å². The number of methoxy groups -OCH3 is 3. The van der Waals surface area contributed by atoms with Crippen LogP contribution in [0.3, 0.4) is 0 Å². The molecule has 0 aliphatic heterocycles. The molecule has 1 rings (SSSR count).